The number of fused-ring (bicyclic) bond motifs is 3. The lowest BCUT2D eigenvalue weighted by Gasteiger charge is -2.41. The molecule has 1 aromatic rings. The number of rotatable bonds is 2. The van der Waals surface area contributed by atoms with Crippen molar-refractivity contribution in [1.29, 1.82) is 0 Å². The van der Waals surface area contributed by atoms with Gasteiger partial charge in [0.15, 0.2) is 0 Å². The van der Waals surface area contributed by atoms with Crippen LogP contribution in [0.4, 0.5) is 11.5 Å². The molecule has 0 aromatic carbocycles. The lowest BCUT2D eigenvalue weighted by molar-refractivity contribution is -0.113. The van der Waals surface area contributed by atoms with Crippen LogP contribution in [-0.2, 0) is 4.79 Å². The zero-order valence-electron chi connectivity index (χ0n) is 16.6. The van der Waals surface area contributed by atoms with Crippen LogP contribution in [0.2, 0.25) is 0 Å². The normalized spacial score (nSPS) is 26.1. The molecular formula is C23H30N4O. The van der Waals surface area contributed by atoms with Crippen molar-refractivity contribution in [1.82, 2.24) is 9.88 Å². The quantitative estimate of drug-likeness (QED) is 0.849. The largest absolute Gasteiger partial charge is 0.354 e. The number of allylic oxidation sites excluding steroid dienone is 3. The fourth-order valence-electron chi connectivity index (χ4n) is 5.29. The molecule has 0 bridgehead atoms. The highest BCUT2D eigenvalue weighted by Gasteiger charge is 2.33. The number of anilines is 2. The first-order chi connectivity index (χ1) is 13.8. The molecule has 1 N–H and O–H groups in total. The van der Waals surface area contributed by atoms with Crippen LogP contribution >= 0.6 is 0 Å². The molecule has 2 aliphatic heterocycles. The van der Waals surface area contributed by atoms with Crippen LogP contribution in [0.15, 0.2) is 35.9 Å². The van der Waals surface area contributed by atoms with Crippen molar-refractivity contribution in [3.05, 3.63) is 41.6 Å². The summed E-state index contributed by atoms with van der Waals surface area (Å²) in [5.74, 6) is 1.21. The Balaban J connectivity index is 1.33. The number of hydrogen-bond acceptors (Lipinski definition) is 4. The number of nitrogens with zero attached hydrogens (tertiary/aromatic N) is 3. The molecule has 1 aromatic heterocycles. The second-order valence-electron chi connectivity index (χ2n) is 8.55. The Hall–Kier alpha value is -2.14. The molecule has 1 saturated carbocycles. The smallest absolute Gasteiger partial charge is 0.252 e. The van der Waals surface area contributed by atoms with Gasteiger partial charge in [-0.15, -0.1) is 0 Å². The van der Waals surface area contributed by atoms with Crippen LogP contribution in [0.1, 0.15) is 56.6 Å². The van der Waals surface area contributed by atoms with Gasteiger partial charge in [-0.05, 0) is 37.8 Å². The summed E-state index contributed by atoms with van der Waals surface area (Å²) in [4.78, 5) is 22.6. The third-order valence-corrected chi connectivity index (χ3v) is 6.89. The van der Waals surface area contributed by atoms with Crippen molar-refractivity contribution >= 4 is 17.4 Å². The average molecular weight is 379 g/mol. The van der Waals surface area contributed by atoms with Gasteiger partial charge >= 0.3 is 0 Å². The molecule has 1 amide bonds. The number of aromatic nitrogens is 1. The van der Waals surface area contributed by atoms with Gasteiger partial charge in [-0.1, -0.05) is 37.5 Å². The molecule has 0 spiro atoms. The zero-order chi connectivity index (χ0) is 18.9. The summed E-state index contributed by atoms with van der Waals surface area (Å²) in [5, 5.41) is 3.04. The van der Waals surface area contributed by atoms with Gasteiger partial charge in [0, 0.05) is 43.7 Å². The number of nitrogens with one attached hydrogen (secondary N) is 1. The van der Waals surface area contributed by atoms with Crippen molar-refractivity contribution in [3.8, 4) is 0 Å². The minimum absolute atomic E-state index is 0.0275. The lowest BCUT2D eigenvalue weighted by Crippen LogP contribution is -2.51. The molecule has 5 rings (SSSR count). The Morgan fingerprint density at radius 2 is 1.82 bits per heavy atom. The van der Waals surface area contributed by atoms with E-state index in [0.29, 0.717) is 0 Å². The summed E-state index contributed by atoms with van der Waals surface area (Å²) < 4.78 is 0. The molecule has 28 heavy (non-hydrogen) atoms. The molecule has 2 fully saturated rings. The minimum atomic E-state index is 0.0275. The first kappa shape index (κ1) is 17.9. The molecule has 1 unspecified atom stereocenters. The van der Waals surface area contributed by atoms with Crippen molar-refractivity contribution in [3.63, 3.8) is 0 Å². The fraction of sp³-hybridized carbons (Fsp3) is 0.565. The van der Waals surface area contributed by atoms with E-state index in [4.69, 9.17) is 4.98 Å². The molecule has 3 heterocycles. The highest BCUT2D eigenvalue weighted by molar-refractivity contribution is 6.07. The number of piperazine rings is 1. The summed E-state index contributed by atoms with van der Waals surface area (Å²) >= 11 is 0. The third kappa shape index (κ3) is 3.37. The summed E-state index contributed by atoms with van der Waals surface area (Å²) in [6.45, 7) is 4.37. The second-order valence-corrected chi connectivity index (χ2v) is 8.55. The molecule has 5 heteroatoms. The zero-order valence-corrected chi connectivity index (χ0v) is 16.6. The predicted molar refractivity (Wildman–Crippen MR) is 113 cm³/mol. The number of carbonyl (C=O) groups is 1. The summed E-state index contributed by atoms with van der Waals surface area (Å²) in [6, 6.07) is 4.94. The number of amides is 1. The average Bonchev–Trinajstić information content (AvgIpc) is 3.01. The van der Waals surface area contributed by atoms with E-state index in [0.717, 1.165) is 67.8 Å². The van der Waals surface area contributed by atoms with Gasteiger partial charge in [-0.3, -0.25) is 9.69 Å². The van der Waals surface area contributed by atoms with Crippen LogP contribution in [-0.4, -0.2) is 48.0 Å². The first-order valence-electron chi connectivity index (χ1n) is 11.0. The monoisotopic (exact) mass is 378 g/mol. The SMILES string of the molecule is O=C1Nc2ccc(N3CCN(C4CCCCC4)CC3)nc2C2CCC=CC=C12. The van der Waals surface area contributed by atoms with Crippen LogP contribution in [0.5, 0.6) is 0 Å². The minimum Gasteiger partial charge on any atom is -0.354 e. The Bertz CT molecular complexity index is 801. The third-order valence-electron chi connectivity index (χ3n) is 6.89. The van der Waals surface area contributed by atoms with Gasteiger partial charge in [-0.25, -0.2) is 4.98 Å². The van der Waals surface area contributed by atoms with Gasteiger partial charge in [0.1, 0.15) is 5.82 Å². The Morgan fingerprint density at radius 3 is 2.64 bits per heavy atom. The van der Waals surface area contributed by atoms with Gasteiger partial charge in [0.25, 0.3) is 5.91 Å². The van der Waals surface area contributed by atoms with E-state index in [2.05, 4.69) is 33.3 Å². The van der Waals surface area contributed by atoms with E-state index in [-0.39, 0.29) is 11.8 Å². The number of pyridine rings is 1. The summed E-state index contributed by atoms with van der Waals surface area (Å²) in [5.41, 5.74) is 2.79. The van der Waals surface area contributed by atoms with E-state index in [9.17, 15) is 4.79 Å². The molecule has 1 saturated heterocycles. The highest BCUT2D eigenvalue weighted by atomic mass is 16.1. The van der Waals surface area contributed by atoms with Crippen LogP contribution in [0.3, 0.4) is 0 Å². The first-order valence-corrected chi connectivity index (χ1v) is 11.0. The van der Waals surface area contributed by atoms with Crippen molar-refractivity contribution in [2.45, 2.75) is 56.9 Å². The van der Waals surface area contributed by atoms with Crippen molar-refractivity contribution in [2.24, 2.45) is 0 Å². The molecule has 5 nitrogen and oxygen atoms in total. The molecule has 148 valence electrons. The van der Waals surface area contributed by atoms with Crippen molar-refractivity contribution < 1.29 is 4.79 Å². The maximum Gasteiger partial charge on any atom is 0.252 e. The number of carbonyl (C=O) groups excluding carboxylic acids is 1. The van der Waals surface area contributed by atoms with Gasteiger partial charge in [0.05, 0.1) is 11.4 Å². The van der Waals surface area contributed by atoms with E-state index in [1.54, 1.807) is 0 Å². The number of hydrogen-bond donors (Lipinski definition) is 1. The van der Waals surface area contributed by atoms with Crippen LogP contribution in [0, 0.1) is 0 Å². The topological polar surface area (TPSA) is 48.5 Å². The predicted octanol–water partition coefficient (Wildman–Crippen LogP) is 3.85. The molecular weight excluding hydrogens is 348 g/mol. The van der Waals surface area contributed by atoms with Gasteiger partial charge in [0.2, 0.25) is 0 Å². The molecule has 2 aliphatic carbocycles. The van der Waals surface area contributed by atoms with Gasteiger partial charge in [-0.2, -0.15) is 0 Å². The fourth-order valence-corrected chi connectivity index (χ4v) is 5.29. The summed E-state index contributed by atoms with van der Waals surface area (Å²) in [7, 11) is 0. The molecule has 4 aliphatic rings. The molecule has 1 atom stereocenters. The summed E-state index contributed by atoms with van der Waals surface area (Å²) in [6.07, 6.45) is 15.0. The second kappa shape index (κ2) is 7.70. The van der Waals surface area contributed by atoms with Gasteiger partial charge < -0.3 is 10.2 Å². The van der Waals surface area contributed by atoms with Crippen LogP contribution < -0.4 is 10.2 Å². The molecule has 0 radical (unpaired) electrons. The van der Waals surface area contributed by atoms with E-state index in [1.807, 2.05) is 12.2 Å². The van der Waals surface area contributed by atoms with E-state index in [1.165, 1.54) is 32.1 Å². The van der Waals surface area contributed by atoms with E-state index < -0.39 is 0 Å². The Labute approximate surface area is 167 Å². The standard InChI is InChI=1S/C23H30N4O/c28-23-19-10-6-2-5-9-18(19)22-20(24-23)11-12-21(25-22)27-15-13-26(14-16-27)17-7-3-1-4-8-17/h2,6,10-12,17-18H,1,3-5,7-9,13-16H2,(H,24,28). The maximum atomic E-state index is 12.5. The maximum absolute atomic E-state index is 12.5. The Morgan fingerprint density at radius 1 is 1.00 bits per heavy atom. The lowest BCUT2D eigenvalue weighted by atomic mass is 9.87. The highest BCUT2D eigenvalue weighted by Crippen LogP contribution is 2.39. The van der Waals surface area contributed by atoms with Crippen LogP contribution in [0.25, 0.3) is 0 Å². The van der Waals surface area contributed by atoms with Crippen molar-refractivity contribution in [2.75, 3.05) is 36.4 Å². The van der Waals surface area contributed by atoms with E-state index >= 15 is 0 Å². The Kier molecular flexibility index (Phi) is 4.93.